The van der Waals surface area contributed by atoms with Crippen LogP contribution in [-0.2, 0) is 0 Å². The van der Waals surface area contributed by atoms with Gasteiger partial charge in [-0.25, -0.2) is 0 Å². The van der Waals surface area contributed by atoms with Gasteiger partial charge >= 0.3 is 0 Å². The fourth-order valence-corrected chi connectivity index (χ4v) is 3.01. The summed E-state index contributed by atoms with van der Waals surface area (Å²) in [6.45, 7) is 0. The maximum Gasteiger partial charge on any atom is 0.243 e. The van der Waals surface area contributed by atoms with Crippen LogP contribution in [-0.4, -0.2) is 0 Å². The van der Waals surface area contributed by atoms with E-state index >= 15 is 0 Å². The average molecular weight is 229 g/mol. The molecule has 0 saturated carbocycles. The monoisotopic (exact) mass is 228 g/mol. The first-order valence-corrected chi connectivity index (χ1v) is 6.14. The molecule has 0 bridgehead atoms. The summed E-state index contributed by atoms with van der Waals surface area (Å²) in [5.41, 5.74) is 1.05. The van der Waals surface area contributed by atoms with E-state index in [0.717, 1.165) is 10.4 Å². The predicted octanol–water partition coefficient (Wildman–Crippen LogP) is 3.49. The van der Waals surface area contributed by atoms with Crippen LogP contribution in [0.25, 0.3) is 10.4 Å². The highest BCUT2D eigenvalue weighted by molar-refractivity contribution is 7.69. The number of hydrogen-bond donors (Lipinski definition) is 0. The van der Waals surface area contributed by atoms with Crippen LogP contribution in [0.4, 0.5) is 0 Å². The van der Waals surface area contributed by atoms with Gasteiger partial charge in [0.2, 0.25) is 4.74 Å². The van der Waals surface area contributed by atoms with E-state index in [1.807, 2.05) is 24.3 Å². The quantitative estimate of drug-likeness (QED) is 0.683. The van der Waals surface area contributed by atoms with Gasteiger partial charge in [0, 0.05) is 16.0 Å². The number of hydrogen-bond acceptors (Lipinski definition) is 3. The second-order valence-electron chi connectivity index (χ2n) is 2.50. The third-order valence-electron chi connectivity index (χ3n) is 1.59. The Labute approximate surface area is 87.6 Å². The van der Waals surface area contributed by atoms with Gasteiger partial charge in [-0.3, -0.25) is 4.79 Å². The summed E-state index contributed by atoms with van der Waals surface area (Å²) in [5.74, 6) is 0. The normalized spacial score (nSPS) is 10.2. The molecule has 1 aromatic carbocycles. The molecule has 0 saturated heterocycles. The molecule has 0 aliphatic heterocycles. The van der Waals surface area contributed by atoms with Crippen molar-refractivity contribution in [3.05, 3.63) is 44.9 Å². The van der Waals surface area contributed by atoms with Crippen molar-refractivity contribution in [3.63, 3.8) is 0 Å². The van der Waals surface area contributed by atoms with Crippen LogP contribution in [0.5, 0.6) is 0 Å². The molecule has 2 aromatic rings. The van der Waals surface area contributed by atoms with Gasteiger partial charge in [0.05, 0.1) is 0 Å². The first kappa shape index (κ1) is 8.94. The Hall–Kier alpha value is -0.640. The Kier molecular flexibility index (Phi) is 2.49. The zero-order valence-electron chi connectivity index (χ0n) is 6.49. The topological polar surface area (TPSA) is 17.1 Å². The molecule has 1 aromatic heterocycles. The number of rotatable bonds is 1. The fraction of sp³-hybridized carbons (Fsp3) is 0. The van der Waals surface area contributed by atoms with Crippen LogP contribution in [0.2, 0.25) is 5.02 Å². The summed E-state index contributed by atoms with van der Waals surface area (Å²) in [6.07, 6.45) is 0. The van der Waals surface area contributed by atoms with Crippen LogP contribution < -0.4 is 4.74 Å². The highest BCUT2D eigenvalue weighted by Crippen LogP contribution is 2.25. The van der Waals surface area contributed by atoms with Gasteiger partial charge in [0.25, 0.3) is 0 Å². The lowest BCUT2D eigenvalue weighted by Crippen LogP contribution is -1.81. The number of benzene rings is 1. The standard InChI is InChI=1S/C9H5ClOS2/c10-7-3-1-6(2-4-7)8-5-9(11)13-12-8/h1-5H. The van der Waals surface area contributed by atoms with Crippen LogP contribution >= 0.6 is 32.3 Å². The van der Waals surface area contributed by atoms with E-state index in [4.69, 9.17) is 11.6 Å². The zero-order chi connectivity index (χ0) is 9.26. The van der Waals surface area contributed by atoms with Crippen molar-refractivity contribution < 1.29 is 0 Å². The van der Waals surface area contributed by atoms with Crippen molar-refractivity contribution in [2.45, 2.75) is 0 Å². The molecule has 0 unspecified atom stereocenters. The van der Waals surface area contributed by atoms with Crippen LogP contribution in [0.1, 0.15) is 0 Å². The largest absolute Gasteiger partial charge is 0.277 e. The van der Waals surface area contributed by atoms with Crippen molar-refractivity contribution >= 4 is 32.3 Å². The van der Waals surface area contributed by atoms with E-state index in [-0.39, 0.29) is 4.74 Å². The minimum atomic E-state index is 0.106. The minimum absolute atomic E-state index is 0.106. The first-order chi connectivity index (χ1) is 6.25. The lowest BCUT2D eigenvalue weighted by molar-refractivity contribution is 1.69. The third-order valence-corrected chi connectivity index (χ3v) is 4.02. The molecule has 2 rings (SSSR count). The smallest absolute Gasteiger partial charge is 0.243 e. The number of halogens is 1. The minimum Gasteiger partial charge on any atom is -0.277 e. The van der Waals surface area contributed by atoms with E-state index < -0.39 is 0 Å². The van der Waals surface area contributed by atoms with Gasteiger partial charge < -0.3 is 0 Å². The molecule has 0 amide bonds. The highest BCUT2D eigenvalue weighted by Gasteiger charge is 2.00. The predicted molar refractivity (Wildman–Crippen MR) is 58.9 cm³/mol. The summed E-state index contributed by atoms with van der Waals surface area (Å²) in [4.78, 5) is 11.9. The van der Waals surface area contributed by atoms with Gasteiger partial charge in [-0.15, -0.1) is 0 Å². The summed E-state index contributed by atoms with van der Waals surface area (Å²) in [5, 5.41) is 0.714. The molecule has 1 heterocycles. The molecule has 0 radical (unpaired) electrons. The molecule has 1 nitrogen and oxygen atoms in total. The van der Waals surface area contributed by atoms with Gasteiger partial charge in [-0.2, -0.15) is 0 Å². The van der Waals surface area contributed by atoms with Gasteiger partial charge in [0.15, 0.2) is 0 Å². The Balaban J connectivity index is 2.47. The second-order valence-corrected chi connectivity index (χ2v) is 5.11. The lowest BCUT2D eigenvalue weighted by Gasteiger charge is -1.94. The SMILES string of the molecule is O=c1cc(-c2ccc(Cl)cc2)ss1. The maximum absolute atomic E-state index is 10.9. The van der Waals surface area contributed by atoms with E-state index in [1.54, 1.807) is 6.07 Å². The molecule has 0 atom stereocenters. The molecular formula is C9H5ClOS2. The van der Waals surface area contributed by atoms with Crippen LogP contribution in [0.15, 0.2) is 35.1 Å². The first-order valence-electron chi connectivity index (χ1n) is 3.62. The molecule has 0 N–H and O–H groups in total. The van der Waals surface area contributed by atoms with Crippen molar-refractivity contribution in [2.24, 2.45) is 0 Å². The molecular weight excluding hydrogens is 224 g/mol. The van der Waals surface area contributed by atoms with Crippen molar-refractivity contribution in [3.8, 4) is 10.4 Å². The van der Waals surface area contributed by atoms with Crippen LogP contribution in [0, 0.1) is 0 Å². The molecule has 0 aliphatic rings. The van der Waals surface area contributed by atoms with E-state index in [9.17, 15) is 4.79 Å². The lowest BCUT2D eigenvalue weighted by atomic mass is 10.2. The summed E-state index contributed by atoms with van der Waals surface area (Å²) < 4.78 is 0.106. The van der Waals surface area contributed by atoms with E-state index in [1.165, 1.54) is 20.7 Å². The summed E-state index contributed by atoms with van der Waals surface area (Å²) in [7, 11) is 2.75. The fourth-order valence-electron chi connectivity index (χ4n) is 0.987. The van der Waals surface area contributed by atoms with Crippen molar-refractivity contribution in [2.75, 3.05) is 0 Å². The molecule has 4 heteroatoms. The molecule has 66 valence electrons. The highest BCUT2D eigenvalue weighted by atomic mass is 35.5. The Bertz CT molecular complexity index is 455. The third kappa shape index (κ3) is 1.99. The average Bonchev–Trinajstić information content (AvgIpc) is 2.53. The zero-order valence-corrected chi connectivity index (χ0v) is 8.88. The maximum atomic E-state index is 10.9. The molecule has 0 fully saturated rings. The van der Waals surface area contributed by atoms with Gasteiger partial charge in [-0.1, -0.05) is 34.1 Å². The van der Waals surface area contributed by atoms with E-state index in [0.29, 0.717) is 5.02 Å². The molecule has 13 heavy (non-hydrogen) atoms. The second kappa shape index (κ2) is 3.62. The van der Waals surface area contributed by atoms with Crippen LogP contribution in [0.3, 0.4) is 0 Å². The van der Waals surface area contributed by atoms with Gasteiger partial charge in [0.1, 0.15) is 0 Å². The Morgan fingerprint density at radius 2 is 1.77 bits per heavy atom. The van der Waals surface area contributed by atoms with Crippen molar-refractivity contribution in [1.29, 1.82) is 0 Å². The van der Waals surface area contributed by atoms with Crippen molar-refractivity contribution in [1.82, 2.24) is 0 Å². The Morgan fingerprint density at radius 3 is 2.31 bits per heavy atom. The molecule has 0 aliphatic carbocycles. The summed E-state index contributed by atoms with van der Waals surface area (Å²) in [6, 6.07) is 9.14. The Morgan fingerprint density at radius 1 is 1.08 bits per heavy atom. The molecule has 0 spiro atoms. The summed E-state index contributed by atoms with van der Waals surface area (Å²) >= 11 is 5.75. The van der Waals surface area contributed by atoms with Gasteiger partial charge in [-0.05, 0) is 28.0 Å². The van der Waals surface area contributed by atoms with E-state index in [2.05, 4.69) is 0 Å².